The topological polar surface area (TPSA) is 49.4 Å². The Morgan fingerprint density at radius 2 is 1.94 bits per heavy atom. The number of carbonyl (C=O) groups is 2. The fraction of sp³-hybridized carbons (Fsp3) is 0.385. The van der Waals surface area contributed by atoms with Crippen LogP contribution in [0.15, 0.2) is 30.3 Å². The molecule has 0 unspecified atom stereocenters. The number of benzene rings is 1. The van der Waals surface area contributed by atoms with E-state index in [-0.39, 0.29) is 24.0 Å². The molecule has 2 rings (SSSR count). The average molecular weight is 232 g/mol. The highest BCUT2D eigenvalue weighted by atomic mass is 16.2. The Morgan fingerprint density at radius 3 is 2.53 bits per heavy atom. The van der Waals surface area contributed by atoms with Crippen molar-refractivity contribution >= 4 is 11.9 Å². The zero-order valence-electron chi connectivity index (χ0n) is 10.0. The molecular weight excluding hydrogens is 216 g/mol. The molecule has 1 N–H and O–H groups in total. The maximum Gasteiger partial charge on any atom is 0.324 e. The number of hydrogen-bond donors (Lipinski definition) is 1. The van der Waals surface area contributed by atoms with Crippen LogP contribution in [0.25, 0.3) is 0 Å². The molecule has 1 aliphatic rings. The van der Waals surface area contributed by atoms with Crippen molar-refractivity contribution in [2.24, 2.45) is 0 Å². The Morgan fingerprint density at radius 1 is 1.29 bits per heavy atom. The summed E-state index contributed by atoms with van der Waals surface area (Å²) in [4.78, 5) is 24.8. The molecular formula is C13H16N2O2. The Bertz CT molecular complexity index is 430. The summed E-state index contributed by atoms with van der Waals surface area (Å²) in [6, 6.07) is 9.42. The molecule has 4 heteroatoms. The van der Waals surface area contributed by atoms with Gasteiger partial charge < -0.3 is 4.90 Å². The molecule has 1 heterocycles. The third-order valence-electron chi connectivity index (χ3n) is 3.14. The molecule has 4 nitrogen and oxygen atoms in total. The number of nitrogens with one attached hydrogen (secondary N) is 1. The van der Waals surface area contributed by atoms with Crippen LogP contribution in [-0.4, -0.2) is 22.9 Å². The molecule has 1 aliphatic heterocycles. The maximum absolute atomic E-state index is 11.8. The largest absolute Gasteiger partial charge is 0.324 e. The highest BCUT2D eigenvalue weighted by Gasteiger charge is 2.33. The summed E-state index contributed by atoms with van der Waals surface area (Å²) in [6.07, 6.45) is 0.364. The average Bonchev–Trinajstić information content (AvgIpc) is 2.28. The van der Waals surface area contributed by atoms with Gasteiger partial charge in [-0.25, -0.2) is 4.79 Å². The second-order valence-corrected chi connectivity index (χ2v) is 4.40. The van der Waals surface area contributed by atoms with Crippen molar-refractivity contribution in [3.05, 3.63) is 35.9 Å². The van der Waals surface area contributed by atoms with Gasteiger partial charge in [-0.1, -0.05) is 30.3 Å². The quantitative estimate of drug-likeness (QED) is 0.848. The lowest BCUT2D eigenvalue weighted by atomic mass is 10.0. The Labute approximate surface area is 101 Å². The van der Waals surface area contributed by atoms with Gasteiger partial charge >= 0.3 is 6.03 Å². The zero-order valence-corrected chi connectivity index (χ0v) is 10.0. The Hall–Kier alpha value is -1.84. The number of hydrogen-bond acceptors (Lipinski definition) is 2. The normalized spacial score (nSPS) is 22.2. The molecule has 1 fully saturated rings. The number of imide groups is 1. The molecule has 1 saturated heterocycles. The van der Waals surface area contributed by atoms with E-state index in [1.807, 2.05) is 44.2 Å². The molecule has 0 aromatic heterocycles. The van der Waals surface area contributed by atoms with E-state index in [4.69, 9.17) is 0 Å². The van der Waals surface area contributed by atoms with Crippen LogP contribution in [0.5, 0.6) is 0 Å². The highest BCUT2D eigenvalue weighted by Crippen LogP contribution is 2.25. The fourth-order valence-corrected chi connectivity index (χ4v) is 2.25. The minimum absolute atomic E-state index is 0.0284. The van der Waals surface area contributed by atoms with Crippen LogP contribution in [0.4, 0.5) is 4.79 Å². The summed E-state index contributed by atoms with van der Waals surface area (Å²) in [5.41, 5.74) is 1.07. The van der Waals surface area contributed by atoms with Gasteiger partial charge in [-0.15, -0.1) is 0 Å². The van der Waals surface area contributed by atoms with E-state index >= 15 is 0 Å². The van der Waals surface area contributed by atoms with Gasteiger partial charge in [-0.3, -0.25) is 10.1 Å². The van der Waals surface area contributed by atoms with Gasteiger partial charge in [-0.05, 0) is 19.4 Å². The van der Waals surface area contributed by atoms with Crippen LogP contribution < -0.4 is 5.32 Å². The monoisotopic (exact) mass is 232 g/mol. The molecule has 3 amide bonds. The first-order valence-electron chi connectivity index (χ1n) is 5.76. The smallest absolute Gasteiger partial charge is 0.314 e. The van der Waals surface area contributed by atoms with E-state index in [2.05, 4.69) is 5.32 Å². The first-order chi connectivity index (χ1) is 8.09. The Kier molecular flexibility index (Phi) is 3.13. The predicted octanol–water partition coefficient (Wildman–Crippen LogP) is 2.08. The van der Waals surface area contributed by atoms with E-state index in [0.717, 1.165) is 5.56 Å². The first-order valence-corrected chi connectivity index (χ1v) is 5.76. The summed E-state index contributed by atoms with van der Waals surface area (Å²) in [6.45, 7) is 3.87. The Balaban J connectivity index is 2.22. The summed E-state index contributed by atoms with van der Waals surface area (Å²) < 4.78 is 0. The number of amides is 3. The summed E-state index contributed by atoms with van der Waals surface area (Å²) in [5, 5.41) is 2.36. The lowest BCUT2D eigenvalue weighted by molar-refractivity contribution is -0.122. The lowest BCUT2D eigenvalue weighted by Crippen LogP contribution is -2.54. The molecule has 2 atom stereocenters. The maximum atomic E-state index is 11.8. The van der Waals surface area contributed by atoms with Gasteiger partial charge in [0.2, 0.25) is 5.91 Å². The van der Waals surface area contributed by atoms with Crippen LogP contribution in [0, 0.1) is 0 Å². The van der Waals surface area contributed by atoms with Gasteiger partial charge in [0.15, 0.2) is 0 Å². The second-order valence-electron chi connectivity index (χ2n) is 4.40. The van der Waals surface area contributed by atoms with Crippen LogP contribution in [0.2, 0.25) is 0 Å². The van der Waals surface area contributed by atoms with E-state index in [9.17, 15) is 9.59 Å². The molecule has 0 spiro atoms. The molecule has 0 bridgehead atoms. The molecule has 1 aromatic rings. The van der Waals surface area contributed by atoms with E-state index < -0.39 is 0 Å². The van der Waals surface area contributed by atoms with Gasteiger partial charge in [0.1, 0.15) is 0 Å². The number of rotatable bonds is 2. The predicted molar refractivity (Wildman–Crippen MR) is 64.3 cm³/mol. The molecule has 0 saturated carbocycles. The minimum atomic E-state index is -0.301. The SMILES string of the molecule is C[C@H](c1ccccc1)N1C(=O)NC(=O)C[C@@H]1C. The van der Waals surface area contributed by atoms with Crippen LogP contribution in [-0.2, 0) is 4.79 Å². The third kappa shape index (κ3) is 2.30. The number of urea groups is 1. The summed E-state index contributed by atoms with van der Waals surface area (Å²) >= 11 is 0. The lowest BCUT2D eigenvalue weighted by Gasteiger charge is -2.37. The van der Waals surface area contributed by atoms with Crippen molar-refractivity contribution in [2.75, 3.05) is 0 Å². The van der Waals surface area contributed by atoms with E-state index in [1.165, 1.54) is 0 Å². The van der Waals surface area contributed by atoms with E-state index in [0.29, 0.717) is 6.42 Å². The molecule has 17 heavy (non-hydrogen) atoms. The van der Waals surface area contributed by atoms with Gasteiger partial charge in [-0.2, -0.15) is 0 Å². The van der Waals surface area contributed by atoms with Gasteiger partial charge in [0.25, 0.3) is 0 Å². The summed E-state index contributed by atoms with van der Waals surface area (Å²) in [5.74, 6) is -0.195. The van der Waals surface area contributed by atoms with E-state index in [1.54, 1.807) is 4.90 Å². The molecule has 1 aromatic carbocycles. The first kappa shape index (κ1) is 11.6. The van der Waals surface area contributed by atoms with Gasteiger partial charge in [0.05, 0.1) is 6.04 Å². The highest BCUT2D eigenvalue weighted by molar-refractivity contribution is 5.97. The third-order valence-corrected chi connectivity index (χ3v) is 3.14. The van der Waals surface area contributed by atoms with Crippen molar-refractivity contribution in [3.8, 4) is 0 Å². The molecule has 0 radical (unpaired) electrons. The summed E-state index contributed by atoms with van der Waals surface area (Å²) in [7, 11) is 0. The second kappa shape index (κ2) is 4.57. The standard InChI is InChI=1S/C13H16N2O2/c1-9-8-12(16)14-13(17)15(9)10(2)11-6-4-3-5-7-11/h3-7,9-10H,8H2,1-2H3,(H,14,16,17)/t9-,10+/m0/s1. The fourth-order valence-electron chi connectivity index (χ4n) is 2.25. The van der Waals surface area contributed by atoms with Crippen molar-refractivity contribution in [1.29, 1.82) is 0 Å². The van der Waals surface area contributed by atoms with Crippen LogP contribution >= 0.6 is 0 Å². The molecule has 90 valence electrons. The van der Waals surface area contributed by atoms with Crippen LogP contribution in [0.3, 0.4) is 0 Å². The van der Waals surface area contributed by atoms with Crippen LogP contribution in [0.1, 0.15) is 31.9 Å². The van der Waals surface area contributed by atoms with Crippen molar-refractivity contribution in [1.82, 2.24) is 10.2 Å². The number of carbonyl (C=O) groups excluding carboxylic acids is 2. The zero-order chi connectivity index (χ0) is 12.4. The van der Waals surface area contributed by atoms with Crippen molar-refractivity contribution in [2.45, 2.75) is 32.4 Å². The van der Waals surface area contributed by atoms with Gasteiger partial charge in [0, 0.05) is 12.5 Å². The van der Waals surface area contributed by atoms with Crippen molar-refractivity contribution < 1.29 is 9.59 Å². The van der Waals surface area contributed by atoms with Crippen molar-refractivity contribution in [3.63, 3.8) is 0 Å². The minimum Gasteiger partial charge on any atom is -0.314 e. The molecule has 0 aliphatic carbocycles. The number of nitrogens with zero attached hydrogens (tertiary/aromatic N) is 1.